The van der Waals surface area contributed by atoms with Gasteiger partial charge in [0.25, 0.3) is 0 Å². The molecular weight excluding hydrogens is 228 g/mol. The lowest BCUT2D eigenvalue weighted by Crippen LogP contribution is -2.39. The summed E-state index contributed by atoms with van der Waals surface area (Å²) in [5.41, 5.74) is 0. The van der Waals surface area contributed by atoms with Crippen LogP contribution in [-0.2, 0) is 8.85 Å². The molecule has 0 N–H and O–H groups in total. The van der Waals surface area contributed by atoms with Crippen LogP contribution >= 0.6 is 0 Å². The van der Waals surface area contributed by atoms with Crippen LogP contribution in [0.2, 0.25) is 13.1 Å². The monoisotopic (exact) mass is 256 g/mol. The fourth-order valence-corrected chi connectivity index (χ4v) is 3.27. The lowest BCUT2D eigenvalue weighted by atomic mass is 10.2. The zero-order valence-electron chi connectivity index (χ0n) is 12.1. The van der Waals surface area contributed by atoms with Crippen LogP contribution in [0.1, 0.15) is 52.9 Å². The van der Waals surface area contributed by atoms with Crippen LogP contribution in [0.5, 0.6) is 0 Å². The van der Waals surface area contributed by atoms with Crippen molar-refractivity contribution in [3.8, 4) is 11.8 Å². The minimum absolute atomic E-state index is 0.234. The van der Waals surface area contributed by atoms with Crippen LogP contribution in [0.15, 0.2) is 0 Å². The van der Waals surface area contributed by atoms with Gasteiger partial charge in [-0.25, -0.2) is 0 Å². The summed E-state index contributed by atoms with van der Waals surface area (Å²) < 4.78 is 11.9. The van der Waals surface area contributed by atoms with Crippen molar-refractivity contribution in [1.82, 2.24) is 0 Å². The van der Waals surface area contributed by atoms with E-state index in [-0.39, 0.29) is 6.10 Å². The fourth-order valence-electron chi connectivity index (χ4n) is 1.45. The molecule has 100 valence electrons. The Morgan fingerprint density at radius 2 is 1.76 bits per heavy atom. The van der Waals surface area contributed by atoms with E-state index in [0.717, 1.165) is 38.7 Å². The Kier molecular flexibility index (Phi) is 9.53. The first-order valence-electron chi connectivity index (χ1n) is 6.83. The summed E-state index contributed by atoms with van der Waals surface area (Å²) in [6, 6.07) is 0. The SMILES string of the molecule is CCCC#CCC(CC)O[Si](C)(C)OCCC. The number of hydrogen-bond acceptors (Lipinski definition) is 2. The normalized spacial score (nSPS) is 13.0. The van der Waals surface area contributed by atoms with Gasteiger partial charge in [0.1, 0.15) is 0 Å². The highest BCUT2D eigenvalue weighted by Crippen LogP contribution is 2.14. The highest BCUT2D eigenvalue weighted by molar-refractivity contribution is 6.64. The van der Waals surface area contributed by atoms with Crippen molar-refractivity contribution in [3.05, 3.63) is 0 Å². The number of hydrogen-bond donors (Lipinski definition) is 0. The predicted molar refractivity (Wildman–Crippen MR) is 76.2 cm³/mol. The maximum Gasteiger partial charge on any atom is 0.331 e. The standard InChI is InChI=1S/C14H28O2Si/c1-6-9-10-11-12-14(8-3)16-17(4,5)15-13-7-2/h14H,6-9,12-13H2,1-5H3. The Hall–Kier alpha value is -0.303. The summed E-state index contributed by atoms with van der Waals surface area (Å²) in [7, 11) is -1.94. The summed E-state index contributed by atoms with van der Waals surface area (Å²) in [5, 5.41) is 0. The first-order chi connectivity index (χ1) is 8.05. The molecule has 0 aromatic carbocycles. The largest absolute Gasteiger partial charge is 0.395 e. The highest BCUT2D eigenvalue weighted by atomic mass is 28.4. The van der Waals surface area contributed by atoms with Crippen LogP contribution in [-0.4, -0.2) is 21.3 Å². The quantitative estimate of drug-likeness (QED) is 0.481. The lowest BCUT2D eigenvalue weighted by Gasteiger charge is -2.27. The van der Waals surface area contributed by atoms with Crippen molar-refractivity contribution in [2.75, 3.05) is 6.61 Å². The second-order valence-electron chi connectivity index (χ2n) is 4.70. The summed E-state index contributed by atoms with van der Waals surface area (Å²) in [4.78, 5) is 0. The zero-order valence-corrected chi connectivity index (χ0v) is 13.1. The van der Waals surface area contributed by atoms with Crippen molar-refractivity contribution in [2.24, 2.45) is 0 Å². The number of unbranched alkanes of at least 4 members (excludes halogenated alkanes) is 1. The Balaban J connectivity index is 4.07. The molecule has 0 spiro atoms. The third-order valence-corrected chi connectivity index (χ3v) is 4.19. The molecule has 0 bridgehead atoms. The lowest BCUT2D eigenvalue weighted by molar-refractivity contribution is 0.120. The van der Waals surface area contributed by atoms with Crippen LogP contribution in [0, 0.1) is 11.8 Å². The van der Waals surface area contributed by atoms with Gasteiger partial charge in [-0.1, -0.05) is 20.8 Å². The Labute approximate surface area is 108 Å². The van der Waals surface area contributed by atoms with Gasteiger partial charge in [0, 0.05) is 19.4 Å². The Morgan fingerprint density at radius 3 is 2.29 bits per heavy atom. The van der Waals surface area contributed by atoms with E-state index in [4.69, 9.17) is 8.85 Å². The topological polar surface area (TPSA) is 18.5 Å². The highest BCUT2D eigenvalue weighted by Gasteiger charge is 2.27. The molecule has 2 nitrogen and oxygen atoms in total. The van der Waals surface area contributed by atoms with E-state index in [1.54, 1.807) is 0 Å². The Morgan fingerprint density at radius 1 is 1.06 bits per heavy atom. The molecule has 1 unspecified atom stereocenters. The van der Waals surface area contributed by atoms with Gasteiger partial charge in [-0.2, -0.15) is 0 Å². The van der Waals surface area contributed by atoms with Crippen molar-refractivity contribution < 1.29 is 8.85 Å². The molecule has 0 aliphatic heterocycles. The van der Waals surface area contributed by atoms with Crippen LogP contribution in [0.25, 0.3) is 0 Å². The number of rotatable bonds is 8. The van der Waals surface area contributed by atoms with E-state index in [1.165, 1.54) is 0 Å². The summed E-state index contributed by atoms with van der Waals surface area (Å²) >= 11 is 0. The molecule has 0 saturated heterocycles. The minimum atomic E-state index is -1.94. The molecule has 0 aromatic rings. The summed E-state index contributed by atoms with van der Waals surface area (Å²) in [6.45, 7) is 11.5. The van der Waals surface area contributed by atoms with E-state index < -0.39 is 8.56 Å². The first-order valence-corrected chi connectivity index (χ1v) is 9.64. The average molecular weight is 256 g/mol. The van der Waals surface area contributed by atoms with E-state index >= 15 is 0 Å². The second-order valence-corrected chi connectivity index (χ2v) is 8.03. The van der Waals surface area contributed by atoms with Gasteiger partial charge in [-0.15, -0.1) is 11.8 Å². The van der Waals surface area contributed by atoms with Gasteiger partial charge >= 0.3 is 8.56 Å². The molecule has 0 amide bonds. The van der Waals surface area contributed by atoms with E-state index in [0.29, 0.717) is 0 Å². The van der Waals surface area contributed by atoms with Gasteiger partial charge in [-0.3, -0.25) is 0 Å². The summed E-state index contributed by atoms with van der Waals surface area (Å²) in [6.07, 6.45) is 5.24. The molecule has 0 aliphatic rings. The summed E-state index contributed by atoms with van der Waals surface area (Å²) in [5.74, 6) is 6.38. The van der Waals surface area contributed by atoms with Gasteiger partial charge in [0.2, 0.25) is 0 Å². The van der Waals surface area contributed by atoms with Crippen LogP contribution < -0.4 is 0 Å². The third-order valence-electron chi connectivity index (χ3n) is 2.39. The Bertz CT molecular complexity index is 240. The average Bonchev–Trinajstić information content (AvgIpc) is 2.30. The molecule has 0 radical (unpaired) electrons. The third kappa shape index (κ3) is 9.40. The predicted octanol–water partition coefficient (Wildman–Crippen LogP) is 4.10. The smallest absolute Gasteiger partial charge is 0.331 e. The van der Waals surface area contributed by atoms with Crippen molar-refractivity contribution in [3.63, 3.8) is 0 Å². The van der Waals surface area contributed by atoms with Crippen molar-refractivity contribution in [1.29, 1.82) is 0 Å². The van der Waals surface area contributed by atoms with Crippen LogP contribution in [0.3, 0.4) is 0 Å². The first kappa shape index (κ1) is 16.7. The fraction of sp³-hybridized carbons (Fsp3) is 0.857. The van der Waals surface area contributed by atoms with Gasteiger partial charge in [0.15, 0.2) is 0 Å². The minimum Gasteiger partial charge on any atom is -0.395 e. The van der Waals surface area contributed by atoms with E-state index in [9.17, 15) is 0 Å². The molecular formula is C14H28O2Si. The molecule has 17 heavy (non-hydrogen) atoms. The molecule has 0 heterocycles. The van der Waals surface area contributed by atoms with E-state index in [2.05, 4.69) is 45.7 Å². The van der Waals surface area contributed by atoms with Crippen molar-refractivity contribution in [2.45, 2.75) is 72.1 Å². The van der Waals surface area contributed by atoms with Crippen LogP contribution in [0.4, 0.5) is 0 Å². The maximum absolute atomic E-state index is 6.08. The molecule has 3 heteroatoms. The maximum atomic E-state index is 6.08. The zero-order chi connectivity index (χ0) is 13.1. The molecule has 0 saturated carbocycles. The molecule has 0 rings (SSSR count). The van der Waals surface area contributed by atoms with Gasteiger partial charge in [-0.05, 0) is 32.4 Å². The van der Waals surface area contributed by atoms with Gasteiger partial charge < -0.3 is 8.85 Å². The molecule has 0 aliphatic carbocycles. The second kappa shape index (κ2) is 9.70. The van der Waals surface area contributed by atoms with Gasteiger partial charge in [0.05, 0.1) is 6.10 Å². The molecule has 1 atom stereocenters. The van der Waals surface area contributed by atoms with Crippen molar-refractivity contribution >= 4 is 8.56 Å². The molecule has 0 aromatic heterocycles. The molecule has 0 fully saturated rings. The van der Waals surface area contributed by atoms with E-state index in [1.807, 2.05) is 0 Å².